The number of benzene rings is 1. The van der Waals surface area contributed by atoms with E-state index < -0.39 is 6.61 Å². The van der Waals surface area contributed by atoms with Gasteiger partial charge in [-0.2, -0.15) is 8.78 Å². The minimum absolute atomic E-state index is 0.0584. The van der Waals surface area contributed by atoms with Crippen LogP contribution in [0, 0.1) is 0 Å². The molecular weight excluding hydrogens is 230 g/mol. The lowest BCUT2D eigenvalue weighted by Gasteiger charge is -2.02. The number of rotatable bonds is 3. The van der Waals surface area contributed by atoms with Crippen molar-refractivity contribution < 1.29 is 13.5 Å². The fraction of sp³-hybridized carbons (Fsp3) is 0.250. The van der Waals surface area contributed by atoms with Crippen LogP contribution in [0.25, 0.3) is 0 Å². The molecule has 0 fully saturated rings. The highest BCUT2D eigenvalue weighted by molar-refractivity contribution is 9.10. The molecule has 0 atom stereocenters. The van der Waals surface area contributed by atoms with Gasteiger partial charge in [0.25, 0.3) is 0 Å². The summed E-state index contributed by atoms with van der Waals surface area (Å²) in [5.41, 5.74) is 0.727. The van der Waals surface area contributed by atoms with Gasteiger partial charge >= 0.3 is 6.61 Å². The second-order valence-electron chi connectivity index (χ2n) is 2.20. The van der Waals surface area contributed by atoms with Gasteiger partial charge in [-0.15, -0.1) is 0 Å². The van der Waals surface area contributed by atoms with Crippen molar-refractivity contribution >= 4 is 15.9 Å². The number of hydrogen-bond acceptors (Lipinski definition) is 1. The molecule has 0 aliphatic carbocycles. The first-order valence-corrected chi connectivity index (χ1v) is 4.12. The van der Waals surface area contributed by atoms with E-state index in [0.29, 0.717) is 0 Å². The predicted molar refractivity (Wildman–Crippen MR) is 44.9 cm³/mol. The number of alkyl halides is 2. The second kappa shape index (κ2) is 4.52. The molecule has 0 amide bonds. The van der Waals surface area contributed by atoms with Crippen molar-refractivity contribution in [2.75, 3.05) is 0 Å². The molecule has 12 heavy (non-hydrogen) atoms. The van der Waals surface area contributed by atoms with Crippen LogP contribution in [-0.2, 0) is 11.3 Å². The maximum absolute atomic E-state index is 11.6. The highest BCUT2D eigenvalue weighted by atomic mass is 79.9. The van der Waals surface area contributed by atoms with Crippen LogP contribution in [0.3, 0.4) is 0 Å². The van der Waals surface area contributed by atoms with E-state index in [0.717, 1.165) is 10.0 Å². The summed E-state index contributed by atoms with van der Waals surface area (Å²) in [5.74, 6) is 0. The molecule has 1 aromatic carbocycles. The van der Waals surface area contributed by atoms with Crippen molar-refractivity contribution in [3.63, 3.8) is 0 Å². The third kappa shape index (κ3) is 3.28. The van der Waals surface area contributed by atoms with Gasteiger partial charge in [0.15, 0.2) is 0 Å². The van der Waals surface area contributed by atoms with E-state index in [1.54, 1.807) is 18.2 Å². The van der Waals surface area contributed by atoms with Crippen molar-refractivity contribution in [1.82, 2.24) is 0 Å². The smallest absolute Gasteiger partial charge is 0.318 e. The average molecular weight is 237 g/mol. The molecule has 0 heterocycles. The lowest BCUT2D eigenvalue weighted by Crippen LogP contribution is -1.98. The Morgan fingerprint density at radius 1 is 1.42 bits per heavy atom. The normalized spacial score (nSPS) is 10.7. The van der Waals surface area contributed by atoms with Crippen molar-refractivity contribution in [2.45, 2.75) is 13.2 Å². The molecule has 0 aliphatic rings. The third-order valence-corrected chi connectivity index (χ3v) is 1.76. The summed E-state index contributed by atoms with van der Waals surface area (Å²) in [6.07, 6.45) is 0. The minimum Gasteiger partial charge on any atom is -0.318 e. The zero-order valence-corrected chi connectivity index (χ0v) is 7.72. The molecule has 0 unspecified atom stereocenters. The molecule has 4 heteroatoms. The van der Waals surface area contributed by atoms with Crippen molar-refractivity contribution in [3.8, 4) is 0 Å². The molecule has 0 spiro atoms. The van der Waals surface area contributed by atoms with Gasteiger partial charge in [-0.3, -0.25) is 0 Å². The summed E-state index contributed by atoms with van der Waals surface area (Å²) in [6.45, 7) is -2.76. The van der Waals surface area contributed by atoms with Crippen LogP contribution in [0.2, 0.25) is 0 Å². The van der Waals surface area contributed by atoms with Crippen molar-refractivity contribution in [3.05, 3.63) is 34.3 Å². The van der Waals surface area contributed by atoms with Crippen LogP contribution in [0.5, 0.6) is 0 Å². The third-order valence-electron chi connectivity index (χ3n) is 1.27. The van der Waals surface area contributed by atoms with Gasteiger partial charge < -0.3 is 4.74 Å². The highest BCUT2D eigenvalue weighted by Gasteiger charge is 2.01. The standard InChI is InChI=1S/C8H7BrF2O/c9-7-3-1-2-6(4-7)5-12-8(10)11/h1-4,8H,5H2. The van der Waals surface area contributed by atoms with E-state index in [2.05, 4.69) is 20.7 Å². The molecule has 0 saturated heterocycles. The van der Waals surface area contributed by atoms with Gasteiger partial charge in [0.1, 0.15) is 0 Å². The maximum atomic E-state index is 11.6. The molecule has 0 N–H and O–H groups in total. The van der Waals surface area contributed by atoms with E-state index in [9.17, 15) is 8.78 Å². The maximum Gasteiger partial charge on any atom is 0.345 e. The zero-order valence-electron chi connectivity index (χ0n) is 6.14. The largest absolute Gasteiger partial charge is 0.345 e. The topological polar surface area (TPSA) is 9.23 Å². The van der Waals surface area contributed by atoms with E-state index in [1.807, 2.05) is 6.07 Å². The Morgan fingerprint density at radius 3 is 2.75 bits per heavy atom. The average Bonchev–Trinajstić information content (AvgIpc) is 2.01. The van der Waals surface area contributed by atoms with E-state index in [4.69, 9.17) is 0 Å². The predicted octanol–water partition coefficient (Wildman–Crippen LogP) is 3.19. The zero-order chi connectivity index (χ0) is 8.97. The summed E-state index contributed by atoms with van der Waals surface area (Å²) in [7, 11) is 0. The fourth-order valence-corrected chi connectivity index (χ4v) is 1.23. The summed E-state index contributed by atoms with van der Waals surface area (Å²) < 4.78 is 28.2. The van der Waals surface area contributed by atoms with Gasteiger partial charge in [0, 0.05) is 4.47 Å². The SMILES string of the molecule is FC(F)OCc1cccc(Br)c1. The quantitative estimate of drug-likeness (QED) is 0.784. The first-order valence-electron chi connectivity index (χ1n) is 3.32. The van der Waals surface area contributed by atoms with Gasteiger partial charge in [-0.25, -0.2) is 0 Å². The molecule has 1 rings (SSSR count). The Labute approximate surface area is 77.5 Å². The van der Waals surface area contributed by atoms with Crippen LogP contribution < -0.4 is 0 Å². The van der Waals surface area contributed by atoms with Gasteiger partial charge in [0.05, 0.1) is 6.61 Å². The van der Waals surface area contributed by atoms with Gasteiger partial charge in [-0.05, 0) is 17.7 Å². The Balaban J connectivity index is 2.52. The molecule has 0 saturated carbocycles. The Morgan fingerprint density at radius 2 is 2.17 bits per heavy atom. The lowest BCUT2D eigenvalue weighted by molar-refractivity contribution is -0.137. The number of halogens is 3. The number of ether oxygens (including phenoxy) is 1. The van der Waals surface area contributed by atoms with Gasteiger partial charge in [0.2, 0.25) is 0 Å². The summed E-state index contributed by atoms with van der Waals surface area (Å²) >= 11 is 3.23. The second-order valence-corrected chi connectivity index (χ2v) is 3.12. The highest BCUT2D eigenvalue weighted by Crippen LogP contribution is 2.13. The Bertz CT molecular complexity index is 253. The summed E-state index contributed by atoms with van der Waals surface area (Å²) in [4.78, 5) is 0. The molecule has 0 bridgehead atoms. The first kappa shape index (κ1) is 9.61. The minimum atomic E-state index is -2.70. The molecule has 0 radical (unpaired) electrons. The van der Waals surface area contributed by atoms with Crippen LogP contribution >= 0.6 is 15.9 Å². The Hall–Kier alpha value is -0.480. The van der Waals surface area contributed by atoms with Crippen molar-refractivity contribution in [2.24, 2.45) is 0 Å². The molecular formula is C8H7BrF2O. The Kier molecular flexibility index (Phi) is 3.62. The summed E-state index contributed by atoms with van der Waals surface area (Å²) in [6, 6.07) is 7.07. The molecule has 1 aromatic rings. The fourth-order valence-electron chi connectivity index (χ4n) is 0.786. The van der Waals surface area contributed by atoms with Crippen LogP contribution in [0.4, 0.5) is 8.78 Å². The first-order chi connectivity index (χ1) is 5.68. The van der Waals surface area contributed by atoms with Crippen molar-refractivity contribution in [1.29, 1.82) is 0 Å². The molecule has 0 aliphatic heterocycles. The summed E-state index contributed by atoms with van der Waals surface area (Å²) in [5, 5.41) is 0. The monoisotopic (exact) mass is 236 g/mol. The number of hydrogen-bond donors (Lipinski definition) is 0. The molecule has 66 valence electrons. The molecule has 0 aromatic heterocycles. The van der Waals surface area contributed by atoms with E-state index in [-0.39, 0.29) is 6.61 Å². The van der Waals surface area contributed by atoms with Crippen LogP contribution in [0.15, 0.2) is 28.7 Å². The van der Waals surface area contributed by atoms with E-state index in [1.165, 1.54) is 0 Å². The van der Waals surface area contributed by atoms with E-state index >= 15 is 0 Å². The van der Waals surface area contributed by atoms with Crippen LogP contribution in [0.1, 0.15) is 5.56 Å². The molecule has 1 nitrogen and oxygen atoms in total. The lowest BCUT2D eigenvalue weighted by atomic mass is 10.2. The van der Waals surface area contributed by atoms with Gasteiger partial charge in [-0.1, -0.05) is 28.1 Å². The van der Waals surface area contributed by atoms with Crippen LogP contribution in [-0.4, -0.2) is 6.61 Å².